The van der Waals surface area contributed by atoms with E-state index < -0.39 is 21.3 Å². The van der Waals surface area contributed by atoms with Crippen LogP contribution < -0.4 is 24.8 Å². The van der Waals surface area contributed by atoms with Crippen LogP contribution in [0.4, 0.5) is 0 Å². The summed E-state index contributed by atoms with van der Waals surface area (Å²) in [5.41, 5.74) is 16.7. The van der Waals surface area contributed by atoms with E-state index >= 15 is 0 Å². The molecule has 0 nitrogen and oxygen atoms in total. The van der Waals surface area contributed by atoms with Crippen LogP contribution in [0.5, 0.6) is 0 Å². The van der Waals surface area contributed by atoms with Gasteiger partial charge in [0.05, 0.1) is 0 Å². The Morgan fingerprint density at radius 1 is 0.607 bits per heavy atom. The molecule has 0 saturated heterocycles. The zero-order valence-corrected chi connectivity index (χ0v) is 39.5. The zero-order chi connectivity index (χ0) is 37.9. The molecule has 0 amide bonds. The number of halogens is 2. The van der Waals surface area contributed by atoms with Gasteiger partial charge in [-0.05, 0) is 0 Å². The molecular formula is C53H62Cl2Zr. The number of fused-ring (bicyclic) bond motifs is 3. The summed E-state index contributed by atoms with van der Waals surface area (Å²) in [4.78, 5) is 0. The quantitative estimate of drug-likeness (QED) is 0.189. The monoisotopic (exact) mass is 858 g/mol. The van der Waals surface area contributed by atoms with Gasteiger partial charge in [0.25, 0.3) is 0 Å². The van der Waals surface area contributed by atoms with Crippen molar-refractivity contribution in [2.45, 2.75) is 116 Å². The third-order valence-electron chi connectivity index (χ3n) is 14.9. The summed E-state index contributed by atoms with van der Waals surface area (Å²) in [6, 6.07) is 33.2. The van der Waals surface area contributed by atoms with E-state index in [2.05, 4.69) is 166 Å². The van der Waals surface area contributed by atoms with E-state index in [0.717, 1.165) is 23.7 Å². The van der Waals surface area contributed by atoms with E-state index in [-0.39, 0.29) is 35.6 Å². The summed E-state index contributed by atoms with van der Waals surface area (Å²) in [6.45, 7) is 24.7. The van der Waals surface area contributed by atoms with Gasteiger partial charge in [-0.2, -0.15) is 0 Å². The van der Waals surface area contributed by atoms with Crippen LogP contribution in [0.15, 0.2) is 106 Å². The topological polar surface area (TPSA) is 0 Å². The van der Waals surface area contributed by atoms with Crippen molar-refractivity contribution in [2.24, 2.45) is 35.0 Å². The summed E-state index contributed by atoms with van der Waals surface area (Å²) < 4.78 is 4.02. The Morgan fingerprint density at radius 2 is 1.04 bits per heavy atom. The van der Waals surface area contributed by atoms with Crippen molar-refractivity contribution in [1.82, 2.24) is 0 Å². The fourth-order valence-electron chi connectivity index (χ4n) is 12.4. The minimum absolute atomic E-state index is 0. The molecule has 0 N–H and O–H groups in total. The number of rotatable bonds is 5. The largest absolute Gasteiger partial charge is 1.00 e. The van der Waals surface area contributed by atoms with Crippen molar-refractivity contribution in [2.75, 3.05) is 0 Å². The Hall–Kier alpha value is -2.31. The molecule has 4 aromatic carbocycles. The van der Waals surface area contributed by atoms with Gasteiger partial charge in [-0.1, -0.05) is 0 Å². The summed E-state index contributed by atoms with van der Waals surface area (Å²) >= 11 is -2.57. The van der Waals surface area contributed by atoms with Crippen molar-refractivity contribution in [1.29, 1.82) is 0 Å². The Kier molecular flexibility index (Phi) is 11.3. The molecule has 56 heavy (non-hydrogen) atoms. The molecule has 3 heteroatoms. The van der Waals surface area contributed by atoms with Gasteiger partial charge < -0.3 is 24.8 Å². The predicted molar refractivity (Wildman–Crippen MR) is 229 cm³/mol. The number of benzene rings is 4. The predicted octanol–water partition coefficient (Wildman–Crippen LogP) is 8.45. The molecule has 4 aromatic rings. The fraction of sp³-hybridized carbons (Fsp3) is 0.453. The molecule has 0 aromatic heterocycles. The summed E-state index contributed by atoms with van der Waals surface area (Å²) in [5, 5.41) is 0. The first-order chi connectivity index (χ1) is 25.6. The molecular weight excluding hydrogens is 799 g/mol. The van der Waals surface area contributed by atoms with E-state index in [1.807, 2.05) is 3.28 Å². The van der Waals surface area contributed by atoms with Crippen LogP contribution in [-0.4, -0.2) is 3.21 Å². The molecule has 10 rings (SSSR count). The standard InChI is InChI=1S/C33H33.C17H23.C3H6.2ClH.Zr/c1-32(2,3)30-20-26-24(18-28(30)22-13-9-7-10-14-22)17-25-19-29(23-15-11-8-12-16-23)31(21-27(25)26)33(4,5)6;1-11-3-4-14(5-11)17(2)15-7-12-6-13(9-15)10-16(17)8-12;1-3-2;;;/h7-21H,1-6H3;4-5,11-13,15-16H,6-10H2,1-2H3;1-2H3;2*1H;/q;;;;;+2/p-2. The Bertz CT molecular complexity index is 2100. The van der Waals surface area contributed by atoms with Crippen LogP contribution in [0, 0.1) is 35.0 Å². The maximum absolute atomic E-state index is 2.86. The molecule has 0 heterocycles. The van der Waals surface area contributed by atoms with Crippen LogP contribution >= 0.6 is 0 Å². The molecule has 0 spiro atoms. The Morgan fingerprint density at radius 3 is 1.43 bits per heavy atom. The Labute approximate surface area is 359 Å². The number of allylic oxidation sites excluding steroid dienone is 4. The molecule has 1 atom stereocenters. The zero-order valence-electron chi connectivity index (χ0n) is 35.5. The number of hydrogen-bond acceptors (Lipinski definition) is 0. The van der Waals surface area contributed by atoms with Gasteiger partial charge >= 0.3 is 337 Å². The first kappa shape index (κ1) is 41.8. The van der Waals surface area contributed by atoms with Gasteiger partial charge in [-0.25, -0.2) is 0 Å². The molecule has 1 unspecified atom stereocenters. The minimum atomic E-state index is -2.57. The van der Waals surface area contributed by atoms with E-state index in [0.29, 0.717) is 15.0 Å². The molecule has 0 aliphatic heterocycles. The molecule has 6 aliphatic rings. The normalized spacial score (nSPS) is 26.0. The second-order valence-corrected chi connectivity index (χ2v) is 28.0. The Balaban J connectivity index is 0.00000240. The van der Waals surface area contributed by atoms with Crippen LogP contribution in [0.1, 0.15) is 127 Å². The van der Waals surface area contributed by atoms with Gasteiger partial charge in [-0.3, -0.25) is 0 Å². The van der Waals surface area contributed by atoms with Crippen molar-refractivity contribution in [3.8, 4) is 33.4 Å². The maximum Gasteiger partial charge on any atom is -1.00 e. The second-order valence-electron chi connectivity index (χ2n) is 20.6. The van der Waals surface area contributed by atoms with Crippen molar-refractivity contribution in [3.63, 3.8) is 0 Å². The van der Waals surface area contributed by atoms with Gasteiger partial charge in [0.1, 0.15) is 0 Å². The molecule has 4 saturated carbocycles. The number of hydrogen-bond donors (Lipinski definition) is 0. The van der Waals surface area contributed by atoms with E-state index in [4.69, 9.17) is 0 Å². The van der Waals surface area contributed by atoms with Crippen molar-refractivity contribution < 1.29 is 46.1 Å². The fourth-order valence-corrected chi connectivity index (χ4v) is 20.9. The van der Waals surface area contributed by atoms with Gasteiger partial charge in [-0.15, -0.1) is 0 Å². The first-order valence-electron chi connectivity index (χ1n) is 21.2. The first-order valence-corrected chi connectivity index (χ1v) is 25.1. The minimum Gasteiger partial charge on any atom is -1.00 e. The van der Waals surface area contributed by atoms with Gasteiger partial charge in [0.15, 0.2) is 0 Å². The summed E-state index contributed by atoms with van der Waals surface area (Å²) in [5.74, 6) is 4.28. The van der Waals surface area contributed by atoms with E-state index in [1.54, 1.807) is 19.9 Å². The average Bonchev–Trinajstić information content (AvgIpc) is 3.66. The second kappa shape index (κ2) is 15.1. The van der Waals surface area contributed by atoms with Gasteiger partial charge in [0.2, 0.25) is 0 Å². The van der Waals surface area contributed by atoms with Crippen molar-refractivity contribution in [3.05, 3.63) is 128 Å². The smallest absolute Gasteiger partial charge is 1.00 e. The van der Waals surface area contributed by atoms with E-state index in [9.17, 15) is 0 Å². The average molecular weight is 861 g/mol. The van der Waals surface area contributed by atoms with Crippen molar-refractivity contribution >= 4 is 3.21 Å². The third kappa shape index (κ3) is 6.81. The SMILES string of the molecule is C[C](C)=[Zr+2]([C]1=CC(C2(C)C3CC4CC(C3)CC2C4)=CC1C)[CH]1c2cc(-c3ccccc3)c(C(C)(C)C)cc2-c2cc(C(C)(C)C)c(-c3ccccc3)cc21.[Cl-].[Cl-]. The molecule has 292 valence electrons. The van der Waals surface area contributed by atoms with Gasteiger partial charge in [0, 0.05) is 0 Å². The molecule has 0 radical (unpaired) electrons. The van der Waals surface area contributed by atoms with Crippen LogP contribution in [-0.2, 0) is 32.1 Å². The summed E-state index contributed by atoms with van der Waals surface area (Å²) in [6.07, 6.45) is 13.1. The maximum atomic E-state index is 2.86. The molecule has 4 fully saturated rings. The van der Waals surface area contributed by atoms with E-state index in [1.165, 1.54) is 76.6 Å². The van der Waals surface area contributed by atoms with Crippen LogP contribution in [0.3, 0.4) is 0 Å². The summed E-state index contributed by atoms with van der Waals surface area (Å²) in [7, 11) is 0. The molecule has 6 aliphatic carbocycles. The third-order valence-corrected chi connectivity index (χ3v) is 23.5. The van der Waals surface area contributed by atoms with Crippen LogP contribution in [0.2, 0.25) is 0 Å². The van der Waals surface area contributed by atoms with Crippen LogP contribution in [0.25, 0.3) is 33.4 Å². The molecule has 4 bridgehead atoms.